The summed E-state index contributed by atoms with van der Waals surface area (Å²) < 4.78 is 0. The van der Waals surface area contributed by atoms with Crippen LogP contribution in [-0.4, -0.2) is 4.98 Å². The van der Waals surface area contributed by atoms with Crippen molar-refractivity contribution in [2.24, 2.45) is 0 Å². The third-order valence-corrected chi connectivity index (χ3v) is 13.1. The monoisotopic (exact) mass is 843 g/mol. The van der Waals surface area contributed by atoms with E-state index in [4.69, 9.17) is 4.98 Å². The van der Waals surface area contributed by atoms with Crippen LogP contribution >= 0.6 is 0 Å². The third kappa shape index (κ3) is 7.69. The van der Waals surface area contributed by atoms with E-state index in [1.165, 1.54) is 93.9 Å². The number of para-hydroxylation sites is 1. The van der Waals surface area contributed by atoms with Gasteiger partial charge in [-0.05, 0) is 150 Å². The van der Waals surface area contributed by atoms with Crippen molar-refractivity contribution in [1.82, 2.24) is 4.98 Å². The Balaban J connectivity index is 1.12. The topological polar surface area (TPSA) is 12.9 Å². The van der Waals surface area contributed by atoms with Gasteiger partial charge in [0.25, 0.3) is 0 Å². The minimum absolute atomic E-state index is 0.809. The minimum atomic E-state index is 0.809. The highest BCUT2D eigenvalue weighted by atomic mass is 14.6. The fraction of sp³-hybridized carbons (Fsp3) is 0.0615. The number of hydrogen-bond acceptors (Lipinski definition) is 1. The van der Waals surface area contributed by atoms with Gasteiger partial charge in [0, 0.05) is 17.1 Å². The van der Waals surface area contributed by atoms with E-state index in [1.807, 2.05) is 12.3 Å². The SMILES string of the molecule is C/C=C\C=C/Cc1cc(-c2cccc(-c3c4ccccc4c(-c4ccc(-c5cnc6ccccc6c5)cc4)c4ccccc34)c2)c(-c2ccccc2)c(-c2ccccc2)c1C1=CCCC=C1. The van der Waals surface area contributed by atoms with Crippen LogP contribution in [-0.2, 0) is 6.42 Å². The van der Waals surface area contributed by atoms with E-state index < -0.39 is 0 Å². The number of hydrogen-bond donors (Lipinski definition) is 0. The zero-order valence-electron chi connectivity index (χ0n) is 37.2. The van der Waals surface area contributed by atoms with Gasteiger partial charge in [0.05, 0.1) is 5.52 Å². The van der Waals surface area contributed by atoms with Gasteiger partial charge in [0.15, 0.2) is 0 Å². The van der Waals surface area contributed by atoms with Crippen LogP contribution < -0.4 is 0 Å². The Morgan fingerprint density at radius 1 is 0.439 bits per heavy atom. The second-order valence-corrected chi connectivity index (χ2v) is 17.2. The average molecular weight is 844 g/mol. The van der Waals surface area contributed by atoms with Crippen LogP contribution in [0.4, 0.5) is 0 Å². The molecule has 0 unspecified atom stereocenters. The molecule has 0 atom stereocenters. The first-order valence-electron chi connectivity index (χ1n) is 23.2. The van der Waals surface area contributed by atoms with Gasteiger partial charge in [-0.3, -0.25) is 4.98 Å². The molecule has 0 radical (unpaired) electrons. The lowest BCUT2D eigenvalue weighted by Gasteiger charge is -2.25. The van der Waals surface area contributed by atoms with Crippen molar-refractivity contribution >= 4 is 38.0 Å². The summed E-state index contributed by atoms with van der Waals surface area (Å²) in [5.41, 5.74) is 19.5. The molecule has 1 aliphatic rings. The van der Waals surface area contributed by atoms with Crippen LogP contribution in [0.3, 0.4) is 0 Å². The zero-order chi connectivity index (χ0) is 44.2. The Morgan fingerprint density at radius 3 is 1.68 bits per heavy atom. The number of fused-ring (bicyclic) bond motifs is 3. The molecule has 1 heteroatoms. The van der Waals surface area contributed by atoms with E-state index >= 15 is 0 Å². The Bertz CT molecular complexity index is 3470. The van der Waals surface area contributed by atoms with Gasteiger partial charge in [-0.15, -0.1) is 0 Å². The Labute approximate surface area is 388 Å². The largest absolute Gasteiger partial charge is 0.256 e. The first-order chi connectivity index (χ1) is 32.7. The van der Waals surface area contributed by atoms with Crippen molar-refractivity contribution in [1.29, 1.82) is 0 Å². The lowest BCUT2D eigenvalue weighted by Crippen LogP contribution is -2.03. The van der Waals surface area contributed by atoms with Crippen LogP contribution in [0.2, 0.25) is 0 Å². The Morgan fingerprint density at radius 2 is 1.02 bits per heavy atom. The van der Waals surface area contributed by atoms with Gasteiger partial charge < -0.3 is 0 Å². The summed E-state index contributed by atoms with van der Waals surface area (Å²) in [6.07, 6.45) is 20.7. The molecule has 1 heterocycles. The first-order valence-corrected chi connectivity index (χ1v) is 23.2. The number of pyridine rings is 1. The van der Waals surface area contributed by atoms with Gasteiger partial charge >= 0.3 is 0 Å². The van der Waals surface area contributed by atoms with Crippen molar-refractivity contribution in [3.8, 4) is 66.8 Å². The molecule has 0 amide bonds. The summed E-state index contributed by atoms with van der Waals surface area (Å²) in [6.45, 7) is 2.07. The standard InChI is InChI=1S/C65H49N/c1-2-3-4-8-29-53-43-59(64(47-24-11-6-12-25-47)65(48-26-13-7-14-27-48)61(53)46-22-9-5-10-23-46)50-30-21-31-52(41-50)63-57-34-18-16-32-55(57)62(56-33-17-19-35-58(56)63)49-39-37-45(38-40-49)54-42-51-28-15-20-36-60(51)66-44-54/h2-4,6-9,11-28,30-44H,5,10,29H2,1H3/b3-2-,8-4-. The fourth-order valence-corrected chi connectivity index (χ4v) is 10.1. The molecule has 0 fully saturated rings. The summed E-state index contributed by atoms with van der Waals surface area (Å²) in [7, 11) is 0. The van der Waals surface area contributed by atoms with E-state index in [2.05, 4.69) is 238 Å². The minimum Gasteiger partial charge on any atom is -0.256 e. The molecule has 0 bridgehead atoms. The second kappa shape index (κ2) is 18.2. The quantitative estimate of drug-likeness (QED) is 0.0987. The predicted molar refractivity (Wildman–Crippen MR) is 283 cm³/mol. The summed E-state index contributed by atoms with van der Waals surface area (Å²) in [6, 6.07) is 71.4. The summed E-state index contributed by atoms with van der Waals surface area (Å²) in [5.74, 6) is 0. The molecule has 0 saturated heterocycles. The van der Waals surface area contributed by atoms with Gasteiger partial charge in [0.1, 0.15) is 0 Å². The van der Waals surface area contributed by atoms with E-state index in [-0.39, 0.29) is 0 Å². The highest BCUT2D eigenvalue weighted by molar-refractivity contribution is 6.21. The van der Waals surface area contributed by atoms with Crippen LogP contribution in [0.15, 0.2) is 243 Å². The number of rotatable bonds is 10. The highest BCUT2D eigenvalue weighted by Gasteiger charge is 2.24. The van der Waals surface area contributed by atoms with E-state index in [9.17, 15) is 0 Å². The maximum Gasteiger partial charge on any atom is 0.0702 e. The first kappa shape index (κ1) is 40.6. The number of aromatic nitrogens is 1. The normalized spacial score (nSPS) is 12.8. The maximum absolute atomic E-state index is 4.76. The predicted octanol–water partition coefficient (Wildman–Crippen LogP) is 18.0. The molecule has 0 saturated carbocycles. The molecule has 0 N–H and O–H groups in total. The van der Waals surface area contributed by atoms with Crippen LogP contribution in [0.25, 0.3) is 105 Å². The second-order valence-electron chi connectivity index (χ2n) is 17.2. The lowest BCUT2D eigenvalue weighted by molar-refractivity contribution is 1.04. The van der Waals surface area contributed by atoms with E-state index in [0.29, 0.717) is 0 Å². The molecule has 1 aromatic heterocycles. The van der Waals surface area contributed by atoms with Gasteiger partial charge in [0.2, 0.25) is 0 Å². The molecule has 314 valence electrons. The van der Waals surface area contributed by atoms with Crippen molar-refractivity contribution in [3.63, 3.8) is 0 Å². The molecular weight excluding hydrogens is 795 g/mol. The van der Waals surface area contributed by atoms with Crippen molar-refractivity contribution in [3.05, 3.63) is 254 Å². The smallest absolute Gasteiger partial charge is 0.0702 e. The Kier molecular flexibility index (Phi) is 11.2. The van der Waals surface area contributed by atoms with Crippen LogP contribution in [0.5, 0.6) is 0 Å². The number of allylic oxidation sites excluding steroid dienone is 8. The van der Waals surface area contributed by atoms with Crippen LogP contribution in [0.1, 0.15) is 30.9 Å². The van der Waals surface area contributed by atoms with Gasteiger partial charge in [-0.2, -0.15) is 0 Å². The van der Waals surface area contributed by atoms with Crippen molar-refractivity contribution < 1.29 is 0 Å². The summed E-state index contributed by atoms with van der Waals surface area (Å²) in [4.78, 5) is 4.76. The molecule has 1 nitrogen and oxygen atoms in total. The average Bonchev–Trinajstić information content (AvgIpc) is 3.39. The molecule has 0 aliphatic heterocycles. The molecule has 11 rings (SSSR count). The fourth-order valence-electron chi connectivity index (χ4n) is 10.1. The zero-order valence-corrected chi connectivity index (χ0v) is 37.2. The van der Waals surface area contributed by atoms with Crippen molar-refractivity contribution in [2.75, 3.05) is 0 Å². The molecule has 10 aromatic rings. The molecule has 66 heavy (non-hydrogen) atoms. The lowest BCUT2D eigenvalue weighted by atomic mass is 9.78. The number of benzene rings is 9. The Hall–Kier alpha value is -8.13. The molecule has 9 aromatic carbocycles. The van der Waals surface area contributed by atoms with Gasteiger partial charge in [-0.1, -0.05) is 212 Å². The number of nitrogens with zero attached hydrogens (tertiary/aromatic N) is 1. The van der Waals surface area contributed by atoms with E-state index in [1.54, 1.807) is 0 Å². The molecule has 0 spiro atoms. The summed E-state index contributed by atoms with van der Waals surface area (Å²) >= 11 is 0. The van der Waals surface area contributed by atoms with Gasteiger partial charge in [-0.25, -0.2) is 0 Å². The third-order valence-electron chi connectivity index (χ3n) is 13.1. The molecule has 1 aliphatic carbocycles. The maximum atomic E-state index is 4.76. The summed E-state index contributed by atoms with van der Waals surface area (Å²) in [5, 5.41) is 6.09. The molecular formula is C65H49N. The highest BCUT2D eigenvalue weighted by Crippen LogP contribution is 2.49. The van der Waals surface area contributed by atoms with Crippen LogP contribution in [0, 0.1) is 0 Å². The van der Waals surface area contributed by atoms with Crippen molar-refractivity contribution in [2.45, 2.75) is 26.2 Å². The van der Waals surface area contributed by atoms with E-state index in [0.717, 1.165) is 41.3 Å².